The lowest BCUT2D eigenvalue weighted by Gasteiger charge is -2.24. The molecule has 0 radical (unpaired) electrons. The number of amides is 1. The summed E-state index contributed by atoms with van der Waals surface area (Å²) in [6.07, 6.45) is 3.94. The van der Waals surface area contributed by atoms with Gasteiger partial charge in [-0.2, -0.15) is 0 Å². The lowest BCUT2D eigenvalue weighted by atomic mass is 10.1. The minimum absolute atomic E-state index is 0.0303. The number of carbonyl (C=O) groups is 1. The summed E-state index contributed by atoms with van der Waals surface area (Å²) >= 11 is 8.48. The van der Waals surface area contributed by atoms with Gasteiger partial charge in [0.1, 0.15) is 15.1 Å². The Morgan fingerprint density at radius 3 is 2.38 bits per heavy atom. The molecular weight excluding hydrogens is 517 g/mol. The van der Waals surface area contributed by atoms with Crippen LogP contribution >= 0.6 is 35.3 Å². The third kappa shape index (κ3) is 4.15. The van der Waals surface area contributed by atoms with E-state index in [9.17, 15) is 4.79 Å². The van der Waals surface area contributed by atoms with Crippen molar-refractivity contribution in [3.05, 3.63) is 95.7 Å². The van der Waals surface area contributed by atoms with E-state index < -0.39 is 0 Å². The van der Waals surface area contributed by atoms with Crippen LogP contribution in [0.25, 0.3) is 20.8 Å². The molecule has 6 rings (SSSR count). The van der Waals surface area contributed by atoms with Crippen LogP contribution in [-0.2, 0) is 4.79 Å². The number of para-hydroxylation sites is 2. The first kappa shape index (κ1) is 23.9. The van der Waals surface area contributed by atoms with Gasteiger partial charge in [0.15, 0.2) is 0 Å². The van der Waals surface area contributed by atoms with Crippen molar-refractivity contribution in [1.82, 2.24) is 9.88 Å². The number of aromatic nitrogens is 1. The molecule has 3 heterocycles. The van der Waals surface area contributed by atoms with Crippen LogP contribution in [0.1, 0.15) is 13.8 Å². The largest absolute Gasteiger partial charge is 0.326 e. The van der Waals surface area contributed by atoms with Gasteiger partial charge in [-0.3, -0.25) is 14.6 Å². The van der Waals surface area contributed by atoms with E-state index in [0.29, 0.717) is 15.8 Å². The number of rotatable bonds is 5. The summed E-state index contributed by atoms with van der Waals surface area (Å²) < 4.78 is 1.79. The fourth-order valence-corrected chi connectivity index (χ4v) is 6.99. The number of thiocarbonyl (C=S) groups is 1. The monoisotopic (exact) mass is 540 g/mol. The Bertz CT molecular complexity index is 1560. The molecule has 0 atom stereocenters. The highest BCUT2D eigenvalue weighted by Crippen LogP contribution is 2.48. The zero-order valence-corrected chi connectivity index (χ0v) is 22.9. The fraction of sp³-hybridized carbons (Fsp3) is 0.138. The number of anilines is 3. The predicted molar refractivity (Wildman–Crippen MR) is 160 cm³/mol. The molecule has 4 aromatic rings. The molecule has 1 amide bonds. The summed E-state index contributed by atoms with van der Waals surface area (Å²) in [6.45, 7) is 5.44. The molecule has 0 unspecified atom stereocenters. The number of thioether (sulfide) groups is 1. The van der Waals surface area contributed by atoms with E-state index in [1.807, 2.05) is 43.3 Å². The van der Waals surface area contributed by atoms with Gasteiger partial charge in [-0.15, -0.1) is 11.3 Å². The first-order chi connectivity index (χ1) is 18.1. The molecule has 1 aromatic heterocycles. The number of benzene rings is 3. The Morgan fingerprint density at radius 1 is 0.892 bits per heavy atom. The quantitative estimate of drug-likeness (QED) is 0.192. The maximum Gasteiger partial charge on any atom is 0.266 e. The lowest BCUT2D eigenvalue weighted by molar-refractivity contribution is -0.122. The fourth-order valence-electron chi connectivity index (χ4n) is 4.71. The van der Waals surface area contributed by atoms with Crippen LogP contribution in [0.15, 0.2) is 95.7 Å². The van der Waals surface area contributed by atoms with Crippen LogP contribution < -0.4 is 9.80 Å². The molecule has 0 spiro atoms. The Morgan fingerprint density at radius 2 is 1.65 bits per heavy atom. The van der Waals surface area contributed by atoms with Crippen molar-refractivity contribution in [3.63, 3.8) is 0 Å². The third-order valence-corrected chi connectivity index (χ3v) is 8.94. The van der Waals surface area contributed by atoms with E-state index in [0.717, 1.165) is 45.5 Å². The number of thiazole rings is 1. The molecule has 3 aromatic carbocycles. The summed E-state index contributed by atoms with van der Waals surface area (Å²) in [5.74, 6) is 0.962. The van der Waals surface area contributed by atoms with E-state index >= 15 is 0 Å². The first-order valence-corrected chi connectivity index (χ1v) is 14.2. The van der Waals surface area contributed by atoms with Gasteiger partial charge in [0.05, 0.1) is 26.5 Å². The van der Waals surface area contributed by atoms with Crippen molar-refractivity contribution in [2.75, 3.05) is 22.9 Å². The highest BCUT2D eigenvalue weighted by molar-refractivity contribution is 8.26. The van der Waals surface area contributed by atoms with E-state index in [-0.39, 0.29) is 5.91 Å². The second-order valence-electron chi connectivity index (χ2n) is 8.58. The van der Waals surface area contributed by atoms with E-state index in [1.165, 1.54) is 16.5 Å². The summed E-state index contributed by atoms with van der Waals surface area (Å²) in [5.41, 5.74) is 5.39. The number of hydrogen-bond donors (Lipinski definition) is 0. The maximum absolute atomic E-state index is 12.8. The van der Waals surface area contributed by atoms with Crippen molar-refractivity contribution in [1.29, 1.82) is 0 Å². The minimum Gasteiger partial charge on any atom is -0.326 e. The minimum atomic E-state index is -0.0303. The Kier molecular flexibility index (Phi) is 6.32. The number of carbonyl (C=O) groups excluding carboxylic acids is 1. The number of nitrogens with zero attached hydrogens (tertiary/aromatic N) is 4. The number of hydrogen-bond acceptors (Lipinski definition) is 7. The van der Waals surface area contributed by atoms with Gasteiger partial charge in [0, 0.05) is 24.3 Å². The summed E-state index contributed by atoms with van der Waals surface area (Å²) in [5, 5.41) is 1.01. The van der Waals surface area contributed by atoms with E-state index in [2.05, 4.69) is 65.3 Å². The Balaban J connectivity index is 1.46. The third-order valence-electron chi connectivity index (χ3n) is 6.46. The second kappa shape index (κ2) is 9.78. The molecule has 2 aliphatic heterocycles. The second-order valence-corrected chi connectivity index (χ2v) is 11.3. The van der Waals surface area contributed by atoms with E-state index in [1.54, 1.807) is 16.2 Å². The molecule has 37 heavy (non-hydrogen) atoms. The average molecular weight is 541 g/mol. The standard InChI is InChI=1S/C29H24N4OS3/c1-3-31-23-18-19(27-30-21-12-8-9-13-24(21)36-27)14-15-22(23)33(20-10-6-5-7-11-20)26(31)17-16-25-28(34)32(4-2)29(35)37-25/h5-18H,3-4H2,1-2H3/b25-16-,26-17+. The van der Waals surface area contributed by atoms with Gasteiger partial charge in [-0.05, 0) is 68.5 Å². The average Bonchev–Trinajstić information content (AvgIpc) is 3.58. The molecule has 184 valence electrons. The molecule has 1 fully saturated rings. The summed E-state index contributed by atoms with van der Waals surface area (Å²) in [4.78, 5) is 24.5. The van der Waals surface area contributed by atoms with E-state index in [4.69, 9.17) is 17.2 Å². The van der Waals surface area contributed by atoms with Gasteiger partial charge in [-0.25, -0.2) is 4.98 Å². The number of fused-ring (bicyclic) bond motifs is 2. The Hall–Kier alpha value is -3.46. The van der Waals surface area contributed by atoms with Crippen LogP contribution in [0.5, 0.6) is 0 Å². The lowest BCUT2D eigenvalue weighted by Crippen LogP contribution is -2.27. The van der Waals surface area contributed by atoms with Crippen molar-refractivity contribution >= 4 is 72.8 Å². The van der Waals surface area contributed by atoms with Crippen LogP contribution in [0, 0.1) is 0 Å². The van der Waals surface area contributed by atoms with Crippen LogP contribution in [0.4, 0.5) is 17.1 Å². The summed E-state index contributed by atoms with van der Waals surface area (Å²) in [7, 11) is 0. The molecule has 2 aliphatic rings. The van der Waals surface area contributed by atoms with Gasteiger partial charge in [0.25, 0.3) is 5.91 Å². The number of allylic oxidation sites excluding steroid dienone is 2. The first-order valence-electron chi connectivity index (χ1n) is 12.2. The normalized spacial score (nSPS) is 17.6. The molecule has 0 bridgehead atoms. The van der Waals surface area contributed by atoms with Gasteiger partial charge < -0.3 is 4.90 Å². The van der Waals surface area contributed by atoms with Crippen LogP contribution in [0.3, 0.4) is 0 Å². The number of likely N-dealkylation sites (N-methyl/N-ethyl adjacent to an activating group) is 1. The smallest absolute Gasteiger partial charge is 0.266 e. The molecule has 5 nitrogen and oxygen atoms in total. The van der Waals surface area contributed by atoms with Crippen LogP contribution in [0.2, 0.25) is 0 Å². The highest BCUT2D eigenvalue weighted by Gasteiger charge is 2.33. The topological polar surface area (TPSA) is 39.7 Å². The highest BCUT2D eigenvalue weighted by atomic mass is 32.2. The van der Waals surface area contributed by atoms with Gasteiger partial charge in [-0.1, -0.05) is 54.3 Å². The SMILES string of the molecule is CCN1C(=O)/C(=C/C=C2\N(CC)c3cc(-c4nc5ccccc5s4)ccc3N2c2ccccc2)SC1=S. The molecule has 1 saturated heterocycles. The van der Waals surface area contributed by atoms with Gasteiger partial charge in [0.2, 0.25) is 0 Å². The molecule has 0 N–H and O–H groups in total. The Labute approximate surface area is 229 Å². The zero-order valence-electron chi connectivity index (χ0n) is 20.4. The predicted octanol–water partition coefficient (Wildman–Crippen LogP) is 7.55. The molecular formula is C29H24N4OS3. The maximum atomic E-state index is 12.8. The van der Waals surface area contributed by atoms with Gasteiger partial charge >= 0.3 is 0 Å². The van der Waals surface area contributed by atoms with Crippen molar-refractivity contribution in [2.45, 2.75) is 13.8 Å². The molecule has 0 saturated carbocycles. The zero-order chi connectivity index (χ0) is 25.5. The molecule has 8 heteroatoms. The molecule has 0 aliphatic carbocycles. The van der Waals surface area contributed by atoms with Crippen molar-refractivity contribution in [3.8, 4) is 10.6 Å². The van der Waals surface area contributed by atoms with Crippen LogP contribution in [-0.4, -0.2) is 33.2 Å². The van der Waals surface area contributed by atoms with Crippen molar-refractivity contribution in [2.24, 2.45) is 0 Å². The summed E-state index contributed by atoms with van der Waals surface area (Å²) in [6, 6.07) is 25.1. The van der Waals surface area contributed by atoms with Crippen molar-refractivity contribution < 1.29 is 4.79 Å².